The molecule has 0 bridgehead atoms. The number of hydrogen-bond acceptors (Lipinski definition) is 2. The second-order valence-electron chi connectivity index (χ2n) is 5.95. The summed E-state index contributed by atoms with van der Waals surface area (Å²) in [4.78, 5) is 25.7. The summed E-state index contributed by atoms with van der Waals surface area (Å²) >= 11 is 5.98. The van der Waals surface area contributed by atoms with Gasteiger partial charge in [-0.2, -0.15) is 0 Å². The van der Waals surface area contributed by atoms with Crippen LogP contribution in [0.15, 0.2) is 18.2 Å². The van der Waals surface area contributed by atoms with Gasteiger partial charge in [-0.1, -0.05) is 36.9 Å². The van der Waals surface area contributed by atoms with Gasteiger partial charge in [-0.05, 0) is 30.9 Å². The highest BCUT2D eigenvalue weighted by atomic mass is 35.5. The lowest BCUT2D eigenvalue weighted by Gasteiger charge is -2.25. The van der Waals surface area contributed by atoms with E-state index in [4.69, 9.17) is 11.6 Å². The summed E-state index contributed by atoms with van der Waals surface area (Å²) in [5.41, 5.74) is 0.178. The molecule has 0 spiro atoms. The van der Waals surface area contributed by atoms with Crippen molar-refractivity contribution in [1.82, 2.24) is 10.2 Å². The fourth-order valence-electron chi connectivity index (χ4n) is 3.32. The van der Waals surface area contributed by atoms with E-state index in [1.807, 2.05) is 0 Å². The molecule has 1 heterocycles. The van der Waals surface area contributed by atoms with Gasteiger partial charge in [-0.3, -0.25) is 9.69 Å². The van der Waals surface area contributed by atoms with Crippen LogP contribution in [0.5, 0.6) is 0 Å². The molecule has 1 aromatic rings. The number of urea groups is 1. The monoisotopic (exact) mass is 324 g/mol. The van der Waals surface area contributed by atoms with Gasteiger partial charge in [0.05, 0.1) is 6.54 Å². The molecule has 1 aromatic carbocycles. The van der Waals surface area contributed by atoms with Crippen LogP contribution >= 0.6 is 11.6 Å². The zero-order valence-electron chi connectivity index (χ0n) is 12.1. The number of carbonyl (C=O) groups excluding carboxylic acids is 2. The molecule has 1 N–H and O–H groups in total. The Kier molecular flexibility index (Phi) is 4.34. The van der Waals surface area contributed by atoms with Gasteiger partial charge >= 0.3 is 6.03 Å². The maximum absolute atomic E-state index is 13.9. The number of hydrogen-bond donors (Lipinski definition) is 1. The summed E-state index contributed by atoms with van der Waals surface area (Å²) in [7, 11) is 0. The lowest BCUT2D eigenvalue weighted by Crippen LogP contribution is -2.38. The summed E-state index contributed by atoms with van der Waals surface area (Å²) in [6.45, 7) is -0.126. The van der Waals surface area contributed by atoms with E-state index in [9.17, 15) is 14.0 Å². The molecule has 4 nitrogen and oxygen atoms in total. The predicted octanol–water partition coefficient (Wildman–Crippen LogP) is 3.48. The Morgan fingerprint density at radius 2 is 1.95 bits per heavy atom. The normalized spacial score (nSPS) is 23.0. The van der Waals surface area contributed by atoms with Crippen LogP contribution in [0.4, 0.5) is 9.18 Å². The topological polar surface area (TPSA) is 49.4 Å². The van der Waals surface area contributed by atoms with E-state index < -0.39 is 17.9 Å². The number of rotatable bonds is 3. The van der Waals surface area contributed by atoms with E-state index >= 15 is 0 Å². The Hall–Kier alpha value is -1.62. The average Bonchev–Trinajstić information content (AvgIpc) is 2.79. The Morgan fingerprint density at radius 1 is 1.23 bits per heavy atom. The smallest absolute Gasteiger partial charge is 0.325 e. The van der Waals surface area contributed by atoms with Crippen LogP contribution in [0.2, 0.25) is 5.02 Å². The van der Waals surface area contributed by atoms with E-state index in [0.29, 0.717) is 0 Å². The standard InChI is InChI=1S/C16H18ClFN2O2/c17-12-7-4-8-13(18)11(12)9-20-15(21)14(19-16(20)22)10-5-2-1-3-6-10/h4,7-8,10,14H,1-3,5-6,9H2,(H,19,22)/t14-/m1/s1. The third-order valence-electron chi connectivity index (χ3n) is 4.56. The van der Waals surface area contributed by atoms with Crippen LogP contribution in [0.25, 0.3) is 0 Å². The Labute approximate surface area is 133 Å². The predicted molar refractivity (Wildman–Crippen MR) is 80.9 cm³/mol. The molecule has 22 heavy (non-hydrogen) atoms. The quantitative estimate of drug-likeness (QED) is 0.865. The average molecular weight is 325 g/mol. The molecular formula is C16H18ClFN2O2. The Morgan fingerprint density at radius 3 is 2.64 bits per heavy atom. The van der Waals surface area contributed by atoms with Crippen LogP contribution in [-0.4, -0.2) is 22.9 Å². The van der Waals surface area contributed by atoms with Crippen molar-refractivity contribution in [3.8, 4) is 0 Å². The highest BCUT2D eigenvalue weighted by Crippen LogP contribution is 2.30. The van der Waals surface area contributed by atoms with Gasteiger partial charge in [0, 0.05) is 10.6 Å². The third-order valence-corrected chi connectivity index (χ3v) is 4.91. The second kappa shape index (κ2) is 6.24. The minimum atomic E-state index is -0.505. The van der Waals surface area contributed by atoms with Crippen LogP contribution in [-0.2, 0) is 11.3 Å². The van der Waals surface area contributed by atoms with E-state index in [-0.39, 0.29) is 29.0 Å². The molecule has 1 aliphatic carbocycles. The summed E-state index contributed by atoms with van der Waals surface area (Å²) in [5, 5.41) is 2.98. The van der Waals surface area contributed by atoms with Gasteiger partial charge < -0.3 is 5.32 Å². The van der Waals surface area contributed by atoms with Crippen molar-refractivity contribution in [2.75, 3.05) is 0 Å². The SMILES string of the molecule is O=C1N[C@H](C2CCCCC2)C(=O)N1Cc1c(F)cccc1Cl. The van der Waals surface area contributed by atoms with Gasteiger partial charge in [0.25, 0.3) is 5.91 Å². The molecule has 0 radical (unpaired) electrons. The highest BCUT2D eigenvalue weighted by molar-refractivity contribution is 6.31. The number of carbonyl (C=O) groups is 2. The molecule has 118 valence electrons. The van der Waals surface area contributed by atoms with Crippen molar-refractivity contribution in [3.05, 3.63) is 34.6 Å². The molecule has 0 unspecified atom stereocenters. The van der Waals surface area contributed by atoms with Crippen molar-refractivity contribution in [3.63, 3.8) is 0 Å². The molecule has 3 amide bonds. The second-order valence-corrected chi connectivity index (χ2v) is 6.36. The molecule has 1 saturated heterocycles. The number of amides is 3. The first-order valence-electron chi connectivity index (χ1n) is 7.62. The fraction of sp³-hybridized carbons (Fsp3) is 0.500. The molecule has 1 atom stereocenters. The molecule has 2 aliphatic rings. The highest BCUT2D eigenvalue weighted by Gasteiger charge is 2.42. The largest absolute Gasteiger partial charge is 0.326 e. The van der Waals surface area contributed by atoms with Gasteiger partial charge in [0.15, 0.2) is 0 Å². The fourth-order valence-corrected chi connectivity index (χ4v) is 3.54. The Bertz CT molecular complexity index is 582. The van der Waals surface area contributed by atoms with Gasteiger partial charge in [-0.25, -0.2) is 9.18 Å². The van der Waals surface area contributed by atoms with Crippen molar-refractivity contribution < 1.29 is 14.0 Å². The van der Waals surface area contributed by atoms with Crippen molar-refractivity contribution in [2.45, 2.75) is 44.7 Å². The number of halogens is 2. The van der Waals surface area contributed by atoms with Crippen molar-refractivity contribution >= 4 is 23.5 Å². The maximum atomic E-state index is 13.9. The first kappa shape index (κ1) is 15.3. The summed E-state index contributed by atoms with van der Waals surface area (Å²) in [6, 6.07) is 3.39. The van der Waals surface area contributed by atoms with Gasteiger partial charge in [0.1, 0.15) is 11.9 Å². The minimum Gasteiger partial charge on any atom is -0.326 e. The zero-order chi connectivity index (χ0) is 15.7. The van der Waals surface area contributed by atoms with E-state index in [1.165, 1.54) is 18.6 Å². The number of benzene rings is 1. The molecule has 1 aliphatic heterocycles. The zero-order valence-corrected chi connectivity index (χ0v) is 12.9. The van der Waals surface area contributed by atoms with E-state index in [1.54, 1.807) is 6.07 Å². The van der Waals surface area contributed by atoms with Gasteiger partial charge in [0.2, 0.25) is 0 Å². The summed E-state index contributed by atoms with van der Waals surface area (Å²) in [5.74, 6) is -0.586. The lowest BCUT2D eigenvalue weighted by atomic mass is 9.84. The van der Waals surface area contributed by atoms with Crippen LogP contribution < -0.4 is 5.32 Å². The van der Waals surface area contributed by atoms with E-state index in [0.717, 1.165) is 30.6 Å². The lowest BCUT2D eigenvalue weighted by molar-refractivity contribution is -0.129. The molecular weight excluding hydrogens is 307 g/mol. The molecule has 1 saturated carbocycles. The van der Waals surface area contributed by atoms with Gasteiger partial charge in [-0.15, -0.1) is 0 Å². The first-order valence-corrected chi connectivity index (χ1v) is 8.00. The van der Waals surface area contributed by atoms with Crippen LogP contribution in [0, 0.1) is 11.7 Å². The maximum Gasteiger partial charge on any atom is 0.325 e. The number of nitrogens with one attached hydrogen (secondary N) is 1. The van der Waals surface area contributed by atoms with Crippen molar-refractivity contribution in [1.29, 1.82) is 0 Å². The molecule has 2 fully saturated rings. The minimum absolute atomic E-state index is 0.126. The van der Waals surface area contributed by atoms with Crippen molar-refractivity contribution in [2.24, 2.45) is 5.92 Å². The number of imide groups is 1. The first-order chi connectivity index (χ1) is 10.6. The Balaban J connectivity index is 1.77. The summed E-state index contributed by atoms with van der Waals surface area (Å²) in [6.07, 6.45) is 5.25. The van der Waals surface area contributed by atoms with Crippen LogP contribution in [0.1, 0.15) is 37.7 Å². The summed E-state index contributed by atoms with van der Waals surface area (Å²) < 4.78 is 13.9. The molecule has 3 rings (SSSR count). The van der Waals surface area contributed by atoms with E-state index in [2.05, 4.69) is 5.32 Å². The van der Waals surface area contributed by atoms with Crippen LogP contribution in [0.3, 0.4) is 0 Å². The number of nitrogens with zero attached hydrogens (tertiary/aromatic N) is 1. The molecule has 0 aromatic heterocycles. The molecule has 6 heteroatoms. The third kappa shape index (κ3) is 2.82.